The van der Waals surface area contributed by atoms with Gasteiger partial charge in [0.05, 0.1) is 24.4 Å². The van der Waals surface area contributed by atoms with Gasteiger partial charge in [-0.15, -0.1) is 11.3 Å². The van der Waals surface area contributed by atoms with Crippen molar-refractivity contribution in [3.8, 4) is 0 Å². The Hall–Kier alpha value is -1.89. The Kier molecular flexibility index (Phi) is 4.39. The van der Waals surface area contributed by atoms with Crippen LogP contribution in [0, 0.1) is 6.92 Å². The van der Waals surface area contributed by atoms with Gasteiger partial charge in [-0.3, -0.25) is 0 Å². The van der Waals surface area contributed by atoms with Crippen LogP contribution in [0.1, 0.15) is 40.7 Å². The van der Waals surface area contributed by atoms with Crippen LogP contribution in [-0.4, -0.2) is 27.1 Å². The molecule has 6 nitrogen and oxygen atoms in total. The van der Waals surface area contributed by atoms with Gasteiger partial charge >= 0.3 is 5.97 Å². The fourth-order valence-corrected chi connectivity index (χ4v) is 2.70. The van der Waals surface area contributed by atoms with E-state index in [9.17, 15) is 4.79 Å². The summed E-state index contributed by atoms with van der Waals surface area (Å²) in [7, 11) is 0. The Morgan fingerprint density at radius 3 is 2.80 bits per heavy atom. The topological polar surface area (TPSA) is 83.0 Å². The predicted molar refractivity (Wildman–Crippen MR) is 77.9 cm³/mol. The molecule has 0 aromatic carbocycles. The molecule has 7 heteroatoms. The second-order valence-electron chi connectivity index (χ2n) is 4.28. The molecule has 0 saturated heterocycles. The molecule has 0 spiro atoms. The van der Waals surface area contributed by atoms with Crippen molar-refractivity contribution in [3.63, 3.8) is 0 Å². The van der Waals surface area contributed by atoms with Crippen LogP contribution in [0.3, 0.4) is 0 Å². The van der Waals surface area contributed by atoms with Crippen molar-refractivity contribution in [1.82, 2.24) is 14.5 Å². The van der Waals surface area contributed by atoms with E-state index < -0.39 is 5.97 Å². The largest absolute Gasteiger partial charge is 0.461 e. The molecule has 20 heavy (non-hydrogen) atoms. The van der Waals surface area contributed by atoms with E-state index in [4.69, 9.17) is 10.5 Å². The van der Waals surface area contributed by atoms with Gasteiger partial charge in [-0.25, -0.2) is 14.8 Å². The summed E-state index contributed by atoms with van der Waals surface area (Å²) >= 11 is 1.57. The Labute approximate surface area is 121 Å². The molecule has 0 atom stereocenters. The maximum absolute atomic E-state index is 11.8. The summed E-state index contributed by atoms with van der Waals surface area (Å²) in [5.74, 6) is 0.658. The maximum atomic E-state index is 11.8. The van der Waals surface area contributed by atoms with Gasteiger partial charge in [0.1, 0.15) is 11.6 Å². The molecule has 2 aromatic heterocycles. The molecule has 0 fully saturated rings. The number of rotatable bonds is 5. The third-order valence-electron chi connectivity index (χ3n) is 3.02. The van der Waals surface area contributed by atoms with Gasteiger partial charge in [0.15, 0.2) is 5.69 Å². The summed E-state index contributed by atoms with van der Waals surface area (Å²) in [6.07, 6.45) is 0.696. The highest BCUT2D eigenvalue weighted by atomic mass is 32.1. The smallest absolute Gasteiger partial charge is 0.360 e. The molecular weight excluding hydrogens is 276 g/mol. The predicted octanol–water partition coefficient (Wildman–Crippen LogP) is 2.02. The number of carbonyl (C=O) groups is 1. The number of hydrogen-bond donors (Lipinski definition) is 1. The van der Waals surface area contributed by atoms with Crippen molar-refractivity contribution < 1.29 is 9.53 Å². The molecule has 0 aliphatic rings. The number of imidazole rings is 1. The lowest BCUT2D eigenvalue weighted by molar-refractivity contribution is 0.0521. The standard InChI is InChI=1S/C13H18N4O2S/c1-4-10-16-11(13(18)19-5-2)12(14)17(10)6-9-8(3)15-7-20-9/h7H,4-6,14H2,1-3H3. The van der Waals surface area contributed by atoms with Crippen LogP contribution in [0.25, 0.3) is 0 Å². The molecule has 2 aromatic rings. The number of carbonyl (C=O) groups excluding carboxylic acids is 1. The molecule has 0 bridgehead atoms. The van der Waals surface area contributed by atoms with Crippen LogP contribution in [0.2, 0.25) is 0 Å². The van der Waals surface area contributed by atoms with E-state index >= 15 is 0 Å². The van der Waals surface area contributed by atoms with Crippen LogP contribution < -0.4 is 5.73 Å². The van der Waals surface area contributed by atoms with Crippen molar-refractivity contribution in [2.45, 2.75) is 33.7 Å². The van der Waals surface area contributed by atoms with Gasteiger partial charge in [0.2, 0.25) is 0 Å². The highest BCUT2D eigenvalue weighted by Crippen LogP contribution is 2.21. The number of nitrogens with two attached hydrogens (primary N) is 1. The summed E-state index contributed by atoms with van der Waals surface area (Å²) in [6.45, 7) is 6.58. The molecule has 2 N–H and O–H groups in total. The minimum atomic E-state index is -0.473. The van der Waals surface area contributed by atoms with Gasteiger partial charge in [-0.2, -0.15) is 0 Å². The highest BCUT2D eigenvalue weighted by molar-refractivity contribution is 7.09. The maximum Gasteiger partial charge on any atom is 0.360 e. The highest BCUT2D eigenvalue weighted by Gasteiger charge is 2.21. The van der Waals surface area contributed by atoms with E-state index in [1.54, 1.807) is 23.8 Å². The summed E-state index contributed by atoms with van der Waals surface area (Å²) in [6, 6.07) is 0. The van der Waals surface area contributed by atoms with E-state index in [1.165, 1.54) is 0 Å². The average molecular weight is 294 g/mol. The van der Waals surface area contributed by atoms with Crippen LogP contribution in [0.5, 0.6) is 0 Å². The normalized spacial score (nSPS) is 10.8. The zero-order valence-electron chi connectivity index (χ0n) is 11.8. The SMILES string of the molecule is CCOC(=O)c1nc(CC)n(Cc2scnc2C)c1N. The summed E-state index contributed by atoms with van der Waals surface area (Å²) in [5.41, 5.74) is 9.04. The van der Waals surface area contributed by atoms with Crippen LogP contribution >= 0.6 is 11.3 Å². The van der Waals surface area contributed by atoms with Gasteiger partial charge in [0.25, 0.3) is 0 Å². The lowest BCUT2D eigenvalue weighted by atomic mass is 10.3. The van der Waals surface area contributed by atoms with Gasteiger partial charge < -0.3 is 15.0 Å². The number of aryl methyl sites for hydroxylation is 2. The fraction of sp³-hybridized carbons (Fsp3) is 0.462. The van der Waals surface area contributed by atoms with E-state index in [2.05, 4.69) is 9.97 Å². The minimum absolute atomic E-state index is 0.200. The second kappa shape index (κ2) is 6.04. The number of aromatic nitrogens is 3. The molecule has 0 saturated carbocycles. The second-order valence-corrected chi connectivity index (χ2v) is 5.22. The lowest BCUT2D eigenvalue weighted by Crippen LogP contribution is -2.11. The van der Waals surface area contributed by atoms with Crippen molar-refractivity contribution in [2.24, 2.45) is 0 Å². The molecule has 0 amide bonds. The number of ether oxygens (including phenoxy) is 1. The van der Waals surface area contributed by atoms with Crippen molar-refractivity contribution >= 4 is 23.1 Å². The Bertz CT molecular complexity index is 618. The molecule has 0 aliphatic carbocycles. The Morgan fingerprint density at radius 1 is 1.50 bits per heavy atom. The van der Waals surface area contributed by atoms with E-state index in [-0.39, 0.29) is 5.69 Å². The number of nitrogen functional groups attached to an aromatic ring is 1. The minimum Gasteiger partial charge on any atom is -0.461 e. The first-order valence-corrected chi connectivity index (χ1v) is 7.37. The molecule has 0 radical (unpaired) electrons. The van der Waals surface area contributed by atoms with Crippen molar-refractivity contribution in [2.75, 3.05) is 12.3 Å². The molecule has 108 valence electrons. The first-order chi connectivity index (χ1) is 9.58. The molecule has 2 rings (SSSR count). The van der Waals surface area contributed by atoms with Crippen LogP contribution in [0.4, 0.5) is 5.82 Å². The number of thiazole rings is 1. The van der Waals surface area contributed by atoms with Crippen LogP contribution in [0.15, 0.2) is 5.51 Å². The molecule has 0 unspecified atom stereocenters. The Balaban J connectivity index is 2.37. The Morgan fingerprint density at radius 2 is 2.25 bits per heavy atom. The van der Waals surface area contributed by atoms with Gasteiger partial charge in [0, 0.05) is 11.3 Å². The third kappa shape index (κ3) is 2.67. The molecule has 0 aliphatic heterocycles. The monoisotopic (exact) mass is 294 g/mol. The zero-order chi connectivity index (χ0) is 14.7. The number of esters is 1. The first-order valence-electron chi connectivity index (χ1n) is 6.49. The summed E-state index contributed by atoms with van der Waals surface area (Å²) in [4.78, 5) is 21.5. The van der Waals surface area contributed by atoms with Crippen LogP contribution in [-0.2, 0) is 17.7 Å². The fourth-order valence-electron chi connectivity index (χ4n) is 1.93. The quantitative estimate of drug-likeness (QED) is 0.853. The third-order valence-corrected chi connectivity index (χ3v) is 3.94. The van der Waals surface area contributed by atoms with E-state index in [0.29, 0.717) is 25.4 Å². The van der Waals surface area contributed by atoms with Gasteiger partial charge in [-0.05, 0) is 13.8 Å². The average Bonchev–Trinajstić information content (AvgIpc) is 2.96. The van der Waals surface area contributed by atoms with Gasteiger partial charge in [-0.1, -0.05) is 6.92 Å². The van der Waals surface area contributed by atoms with Crippen molar-refractivity contribution in [3.05, 3.63) is 27.6 Å². The zero-order valence-corrected chi connectivity index (χ0v) is 12.7. The van der Waals surface area contributed by atoms with E-state index in [1.807, 2.05) is 18.4 Å². The van der Waals surface area contributed by atoms with Crippen molar-refractivity contribution in [1.29, 1.82) is 0 Å². The first kappa shape index (κ1) is 14.5. The lowest BCUT2D eigenvalue weighted by Gasteiger charge is -2.07. The summed E-state index contributed by atoms with van der Waals surface area (Å²) in [5, 5.41) is 0. The number of hydrogen-bond acceptors (Lipinski definition) is 6. The summed E-state index contributed by atoms with van der Waals surface area (Å²) < 4.78 is 6.83. The van der Waals surface area contributed by atoms with E-state index in [0.717, 1.165) is 16.4 Å². The number of anilines is 1. The molecule has 2 heterocycles. The number of nitrogens with zero attached hydrogens (tertiary/aromatic N) is 3. The molecular formula is C13H18N4O2S.